The number of hydrogen-bond donors (Lipinski definition) is 1. The highest BCUT2D eigenvalue weighted by molar-refractivity contribution is 7.85. The Morgan fingerprint density at radius 1 is 1.29 bits per heavy atom. The van der Waals surface area contributed by atoms with E-state index in [0.717, 1.165) is 12.1 Å². The molecule has 8 heteroatoms. The fourth-order valence-corrected chi connectivity index (χ4v) is 1.59. The lowest BCUT2D eigenvalue weighted by molar-refractivity contribution is 0.483. The van der Waals surface area contributed by atoms with Crippen molar-refractivity contribution >= 4 is 26.3 Å². The first kappa shape index (κ1) is 10.8. The molecule has 0 amide bonds. The Hall–Kier alpha value is -1.25. The third-order valence-electron chi connectivity index (χ3n) is 1.30. The second-order valence-electron chi connectivity index (χ2n) is 2.28. The van der Waals surface area contributed by atoms with Crippen LogP contribution in [0.5, 0.6) is 0 Å². The van der Waals surface area contributed by atoms with Gasteiger partial charge in [0.25, 0.3) is 10.1 Å². The molecule has 1 aromatic rings. The van der Waals surface area contributed by atoms with E-state index in [1.54, 1.807) is 0 Å². The van der Waals surface area contributed by atoms with Gasteiger partial charge in [0.1, 0.15) is 0 Å². The Bertz CT molecular complexity index is 564. The molecule has 0 spiro atoms. The van der Waals surface area contributed by atoms with Gasteiger partial charge in [0.2, 0.25) is 0 Å². The molecule has 14 heavy (non-hydrogen) atoms. The van der Waals surface area contributed by atoms with Crippen molar-refractivity contribution in [1.29, 1.82) is 0 Å². The molecule has 0 fully saturated rings. The van der Waals surface area contributed by atoms with Crippen LogP contribution in [0.3, 0.4) is 0 Å². The lowest BCUT2D eigenvalue weighted by atomic mass is 10.3. The normalized spacial score (nSPS) is 10.9. The summed E-state index contributed by atoms with van der Waals surface area (Å²) in [5.41, 5.74) is -0.0616. The van der Waals surface area contributed by atoms with Gasteiger partial charge in [0.05, 0.1) is 10.6 Å². The Kier molecular flexibility index (Phi) is 2.99. The number of hydrogen-bond acceptors (Lipinski definition) is 5. The smallest absolute Gasteiger partial charge is 0.282 e. The summed E-state index contributed by atoms with van der Waals surface area (Å²) < 4.78 is 53.3. The second-order valence-corrected chi connectivity index (χ2v) is 4.32. The molecule has 1 aromatic carbocycles. The predicted octanol–water partition coefficient (Wildman–Crippen LogP) is 0.628. The van der Waals surface area contributed by atoms with Crippen molar-refractivity contribution in [2.45, 2.75) is 4.90 Å². The van der Waals surface area contributed by atoms with Crippen molar-refractivity contribution in [2.24, 2.45) is 4.36 Å². The fraction of sp³-hybridized carbons (Fsp3) is 0. The zero-order valence-electron chi connectivity index (χ0n) is 6.65. The van der Waals surface area contributed by atoms with Gasteiger partial charge in [0.15, 0.2) is 0 Å². The summed E-state index contributed by atoms with van der Waals surface area (Å²) in [7, 11) is -6.98. The molecule has 0 aliphatic heterocycles. The Morgan fingerprint density at radius 3 is 2.43 bits per heavy atom. The summed E-state index contributed by atoms with van der Waals surface area (Å²) in [6.45, 7) is 0. The molecule has 6 nitrogen and oxygen atoms in total. The maximum atomic E-state index is 10.6. The van der Waals surface area contributed by atoms with Crippen LogP contribution in [0.2, 0.25) is 0 Å². The average molecular weight is 235 g/mol. The van der Waals surface area contributed by atoms with Gasteiger partial charge in [-0.1, -0.05) is 6.07 Å². The summed E-state index contributed by atoms with van der Waals surface area (Å²) in [4.78, 5) is -0.399. The van der Waals surface area contributed by atoms with Gasteiger partial charge in [0, 0.05) is 0 Å². The highest BCUT2D eigenvalue weighted by Gasteiger charge is 2.08. The maximum absolute atomic E-state index is 10.6. The molecule has 0 saturated heterocycles. The van der Waals surface area contributed by atoms with E-state index in [-0.39, 0.29) is 5.69 Å². The summed E-state index contributed by atoms with van der Waals surface area (Å²) in [6, 6.07) is 4.65. The van der Waals surface area contributed by atoms with Crippen molar-refractivity contribution in [3.8, 4) is 0 Å². The standard InChI is InChI=1S/C6H5NO5S2/c8-13(9)7-5-2-1-3-6(4-5)14(10,11)12/h1-4H,(H,10,11,12). The zero-order valence-corrected chi connectivity index (χ0v) is 8.29. The van der Waals surface area contributed by atoms with Gasteiger partial charge >= 0.3 is 10.5 Å². The maximum Gasteiger partial charge on any atom is 0.316 e. The summed E-state index contributed by atoms with van der Waals surface area (Å²) >= 11 is 0. The third kappa shape index (κ3) is 2.91. The lowest BCUT2D eigenvalue weighted by Crippen LogP contribution is -1.96. The molecule has 0 aliphatic carbocycles. The molecular weight excluding hydrogens is 230 g/mol. The first-order valence-electron chi connectivity index (χ1n) is 3.28. The molecular formula is C6H5NO5S2. The van der Waals surface area contributed by atoms with Gasteiger partial charge < -0.3 is 0 Å². The first-order valence-corrected chi connectivity index (χ1v) is 5.75. The van der Waals surface area contributed by atoms with Crippen LogP contribution in [-0.4, -0.2) is 21.4 Å². The Labute approximate surface area is 81.7 Å². The molecule has 0 heterocycles. The Balaban J connectivity index is 3.35. The van der Waals surface area contributed by atoms with E-state index < -0.39 is 25.5 Å². The minimum absolute atomic E-state index is 0.0616. The SMILES string of the molecule is O=S(=O)=Nc1cccc(S(=O)(=O)O)c1. The molecule has 1 rings (SSSR count). The summed E-state index contributed by atoms with van der Waals surface area (Å²) in [6.07, 6.45) is 0. The van der Waals surface area contributed by atoms with Crippen molar-refractivity contribution in [2.75, 3.05) is 0 Å². The molecule has 0 atom stereocenters. The molecule has 76 valence electrons. The van der Waals surface area contributed by atoms with Gasteiger partial charge in [-0.05, 0) is 18.2 Å². The lowest BCUT2D eigenvalue weighted by Gasteiger charge is -1.95. The van der Waals surface area contributed by atoms with Crippen LogP contribution in [0.4, 0.5) is 5.69 Å². The number of nitrogens with zero attached hydrogens (tertiary/aromatic N) is 1. The van der Waals surface area contributed by atoms with E-state index in [4.69, 9.17) is 4.55 Å². The highest BCUT2D eigenvalue weighted by atomic mass is 32.2. The second kappa shape index (κ2) is 3.86. The van der Waals surface area contributed by atoms with Gasteiger partial charge in [-0.3, -0.25) is 4.55 Å². The van der Waals surface area contributed by atoms with Crippen LogP contribution in [0.15, 0.2) is 33.5 Å². The highest BCUT2D eigenvalue weighted by Crippen LogP contribution is 2.17. The van der Waals surface area contributed by atoms with Crippen LogP contribution in [-0.2, 0) is 20.6 Å². The minimum atomic E-state index is -4.32. The topological polar surface area (TPSA) is 101 Å². The largest absolute Gasteiger partial charge is 0.316 e. The van der Waals surface area contributed by atoms with Crippen LogP contribution in [0.1, 0.15) is 0 Å². The van der Waals surface area contributed by atoms with E-state index in [0.29, 0.717) is 0 Å². The third-order valence-corrected chi connectivity index (χ3v) is 2.50. The molecule has 1 N–H and O–H groups in total. The minimum Gasteiger partial charge on any atom is -0.282 e. The van der Waals surface area contributed by atoms with Crippen molar-refractivity contribution < 1.29 is 21.4 Å². The van der Waals surface area contributed by atoms with Gasteiger partial charge in [-0.15, -0.1) is 4.36 Å². The van der Waals surface area contributed by atoms with Crippen LogP contribution in [0.25, 0.3) is 0 Å². The van der Waals surface area contributed by atoms with E-state index in [9.17, 15) is 16.8 Å². The van der Waals surface area contributed by atoms with Crippen LogP contribution >= 0.6 is 0 Å². The summed E-state index contributed by atoms with van der Waals surface area (Å²) in [5.74, 6) is 0. The quantitative estimate of drug-likeness (QED) is 0.757. The van der Waals surface area contributed by atoms with Gasteiger partial charge in [-0.2, -0.15) is 16.8 Å². The fourth-order valence-electron chi connectivity index (χ4n) is 0.787. The molecule has 0 aliphatic rings. The number of benzene rings is 1. The van der Waals surface area contributed by atoms with E-state index in [1.807, 2.05) is 0 Å². The number of rotatable bonds is 2. The van der Waals surface area contributed by atoms with E-state index >= 15 is 0 Å². The predicted molar refractivity (Wildman–Crippen MR) is 47.3 cm³/mol. The molecule has 0 bridgehead atoms. The monoisotopic (exact) mass is 235 g/mol. The molecule has 0 unspecified atom stereocenters. The van der Waals surface area contributed by atoms with Crippen LogP contribution < -0.4 is 0 Å². The average Bonchev–Trinajstić information content (AvgIpc) is 2.01. The molecule has 0 radical (unpaired) electrons. The van der Waals surface area contributed by atoms with Crippen molar-refractivity contribution in [3.05, 3.63) is 24.3 Å². The van der Waals surface area contributed by atoms with Crippen molar-refractivity contribution in [1.82, 2.24) is 0 Å². The van der Waals surface area contributed by atoms with E-state index in [1.165, 1.54) is 12.1 Å². The summed E-state index contributed by atoms with van der Waals surface area (Å²) in [5, 5.41) is 0. The van der Waals surface area contributed by atoms with Gasteiger partial charge in [-0.25, -0.2) is 0 Å². The van der Waals surface area contributed by atoms with E-state index in [2.05, 4.69) is 4.36 Å². The Morgan fingerprint density at radius 2 is 1.93 bits per heavy atom. The first-order chi connectivity index (χ1) is 6.39. The van der Waals surface area contributed by atoms with Crippen molar-refractivity contribution in [3.63, 3.8) is 0 Å². The molecule has 0 saturated carbocycles. The zero-order chi connectivity index (χ0) is 10.8. The molecule has 0 aromatic heterocycles. The van der Waals surface area contributed by atoms with Crippen LogP contribution in [0, 0.1) is 0 Å².